The van der Waals surface area contributed by atoms with Crippen LogP contribution < -0.4 is 11.5 Å². The molecule has 29 heavy (non-hydrogen) atoms. The van der Waals surface area contributed by atoms with E-state index in [-0.39, 0.29) is 5.97 Å². The summed E-state index contributed by atoms with van der Waals surface area (Å²) in [5.74, 6) is -0.0890. The van der Waals surface area contributed by atoms with Gasteiger partial charge in [0.2, 0.25) is 0 Å². The van der Waals surface area contributed by atoms with Crippen LogP contribution in [0.3, 0.4) is 0 Å². The molecular formula is C23H32N2O4. The number of anilines is 2. The normalized spacial score (nSPS) is 9.83. The monoisotopic (exact) mass is 400 g/mol. The second-order valence-corrected chi connectivity index (χ2v) is 6.63. The van der Waals surface area contributed by atoms with Crippen molar-refractivity contribution in [3.63, 3.8) is 0 Å². The van der Waals surface area contributed by atoms with Crippen molar-refractivity contribution in [2.45, 2.75) is 45.4 Å². The van der Waals surface area contributed by atoms with Gasteiger partial charge >= 0.3 is 5.97 Å². The lowest BCUT2D eigenvalue weighted by Crippen LogP contribution is -2.07. The van der Waals surface area contributed by atoms with Crippen molar-refractivity contribution in [2.24, 2.45) is 0 Å². The second kappa shape index (κ2) is 15.0. The van der Waals surface area contributed by atoms with Crippen molar-refractivity contribution < 1.29 is 19.1 Å². The third kappa shape index (κ3) is 12.1. The van der Waals surface area contributed by atoms with E-state index in [2.05, 4.69) is 11.7 Å². The molecule has 2 aromatic carbocycles. The summed E-state index contributed by atoms with van der Waals surface area (Å²) in [4.78, 5) is 21.1. The molecule has 0 spiro atoms. The quantitative estimate of drug-likeness (QED) is 0.256. The number of benzene rings is 2. The van der Waals surface area contributed by atoms with E-state index in [1.807, 2.05) is 48.5 Å². The number of ether oxygens (including phenoxy) is 2. The molecule has 0 aromatic heterocycles. The van der Waals surface area contributed by atoms with Crippen molar-refractivity contribution >= 4 is 23.8 Å². The highest BCUT2D eigenvalue weighted by Crippen LogP contribution is 2.07. The van der Waals surface area contributed by atoms with Crippen LogP contribution in [-0.4, -0.2) is 25.7 Å². The number of nitrogens with two attached hydrogens (primary N) is 2. The van der Waals surface area contributed by atoms with Crippen LogP contribution in [0.4, 0.5) is 11.4 Å². The standard InChI is InChI=1S/C14H21NO2.C9H11NO2/c1-2-3-4-5-14(16)17-11-10-12-6-8-13(15)9-7-12;10-9-3-1-8(2-4-9)5-6-12-7-11/h6-9H,2-5,10-11,15H2,1H3;1-4,7H,5-6,10H2. The summed E-state index contributed by atoms with van der Waals surface area (Å²) in [6.07, 6.45) is 5.16. The van der Waals surface area contributed by atoms with Crippen molar-refractivity contribution in [2.75, 3.05) is 24.7 Å². The number of rotatable bonds is 11. The Morgan fingerprint density at radius 2 is 1.38 bits per heavy atom. The van der Waals surface area contributed by atoms with Crippen molar-refractivity contribution in [1.82, 2.24) is 0 Å². The van der Waals surface area contributed by atoms with Gasteiger partial charge in [0.15, 0.2) is 0 Å². The van der Waals surface area contributed by atoms with Crippen molar-refractivity contribution in [3.05, 3.63) is 59.7 Å². The fourth-order valence-corrected chi connectivity index (χ4v) is 2.47. The lowest BCUT2D eigenvalue weighted by atomic mass is 10.1. The molecule has 158 valence electrons. The molecule has 0 radical (unpaired) electrons. The molecular weight excluding hydrogens is 368 g/mol. The molecule has 0 amide bonds. The Labute approximate surface area is 173 Å². The van der Waals surface area contributed by atoms with E-state index < -0.39 is 0 Å². The summed E-state index contributed by atoms with van der Waals surface area (Å²) >= 11 is 0. The van der Waals surface area contributed by atoms with Gasteiger partial charge in [0.1, 0.15) is 0 Å². The second-order valence-electron chi connectivity index (χ2n) is 6.63. The Morgan fingerprint density at radius 1 is 0.862 bits per heavy atom. The van der Waals surface area contributed by atoms with E-state index in [9.17, 15) is 9.59 Å². The zero-order valence-electron chi connectivity index (χ0n) is 17.1. The SMILES string of the molecule is CCCCCC(=O)OCCc1ccc(N)cc1.Nc1ccc(CCOC=O)cc1. The molecule has 0 aliphatic heterocycles. The molecule has 0 saturated carbocycles. The van der Waals surface area contributed by atoms with E-state index in [4.69, 9.17) is 16.2 Å². The maximum Gasteiger partial charge on any atom is 0.305 e. The Morgan fingerprint density at radius 3 is 1.86 bits per heavy atom. The Kier molecular flexibility index (Phi) is 12.4. The molecule has 6 heteroatoms. The highest BCUT2D eigenvalue weighted by molar-refractivity contribution is 5.69. The fourth-order valence-electron chi connectivity index (χ4n) is 2.47. The minimum absolute atomic E-state index is 0.0890. The van der Waals surface area contributed by atoms with E-state index in [1.54, 1.807) is 0 Å². The molecule has 4 N–H and O–H groups in total. The molecule has 2 rings (SSSR count). The molecule has 0 fully saturated rings. The summed E-state index contributed by atoms with van der Waals surface area (Å²) in [5, 5.41) is 0. The van der Waals surface area contributed by atoms with E-state index in [0.29, 0.717) is 26.1 Å². The first kappa shape index (κ1) is 24.0. The lowest BCUT2D eigenvalue weighted by Gasteiger charge is -2.05. The van der Waals surface area contributed by atoms with Crippen LogP contribution in [0.5, 0.6) is 0 Å². The highest BCUT2D eigenvalue weighted by Gasteiger charge is 2.02. The fraction of sp³-hybridized carbons (Fsp3) is 0.391. The molecule has 6 nitrogen and oxygen atoms in total. The number of carbonyl (C=O) groups excluding carboxylic acids is 2. The Balaban J connectivity index is 0.000000308. The molecule has 0 aliphatic carbocycles. The van der Waals surface area contributed by atoms with Crippen molar-refractivity contribution in [3.8, 4) is 0 Å². The van der Waals surface area contributed by atoms with Gasteiger partial charge in [-0.2, -0.15) is 0 Å². The molecule has 2 aromatic rings. The van der Waals surface area contributed by atoms with Crippen LogP contribution in [0, 0.1) is 0 Å². The summed E-state index contributed by atoms with van der Waals surface area (Å²) < 4.78 is 9.71. The number of carbonyl (C=O) groups is 2. The number of hydrogen-bond donors (Lipinski definition) is 2. The van der Waals surface area contributed by atoms with Crippen LogP contribution in [0.25, 0.3) is 0 Å². The highest BCUT2D eigenvalue weighted by atomic mass is 16.5. The summed E-state index contributed by atoms with van der Waals surface area (Å²) in [6.45, 7) is 3.45. The minimum Gasteiger partial charge on any atom is -0.468 e. The maximum atomic E-state index is 11.3. The number of unbranched alkanes of at least 4 members (excludes halogenated alkanes) is 2. The minimum atomic E-state index is -0.0890. The molecule has 0 bridgehead atoms. The van der Waals surface area contributed by atoms with Gasteiger partial charge < -0.3 is 20.9 Å². The third-order valence-corrected chi connectivity index (χ3v) is 4.17. The summed E-state index contributed by atoms with van der Waals surface area (Å²) in [6, 6.07) is 15.1. The van der Waals surface area contributed by atoms with Gasteiger partial charge in [-0.1, -0.05) is 44.0 Å². The largest absolute Gasteiger partial charge is 0.468 e. The smallest absolute Gasteiger partial charge is 0.305 e. The average Bonchev–Trinajstić information content (AvgIpc) is 2.72. The molecule has 0 aliphatic rings. The number of nitrogen functional groups attached to an aromatic ring is 2. The predicted octanol–water partition coefficient (Wildman–Crippen LogP) is 3.92. The third-order valence-electron chi connectivity index (χ3n) is 4.17. The first-order valence-corrected chi connectivity index (χ1v) is 9.94. The maximum absolute atomic E-state index is 11.3. The van der Waals surface area contributed by atoms with Crippen LogP contribution in [0.1, 0.15) is 43.7 Å². The van der Waals surface area contributed by atoms with Gasteiger partial charge in [-0.15, -0.1) is 0 Å². The van der Waals surface area contributed by atoms with Crippen molar-refractivity contribution in [1.29, 1.82) is 0 Å². The number of esters is 1. The first-order valence-electron chi connectivity index (χ1n) is 9.94. The van der Waals surface area contributed by atoms with Gasteiger partial charge in [0.25, 0.3) is 6.47 Å². The van der Waals surface area contributed by atoms with Crippen LogP contribution >= 0.6 is 0 Å². The lowest BCUT2D eigenvalue weighted by molar-refractivity contribution is -0.143. The van der Waals surface area contributed by atoms with E-state index >= 15 is 0 Å². The molecule has 0 unspecified atom stereocenters. The topological polar surface area (TPSA) is 105 Å². The van der Waals surface area contributed by atoms with Gasteiger partial charge in [0.05, 0.1) is 13.2 Å². The van der Waals surface area contributed by atoms with E-state index in [1.165, 1.54) is 0 Å². The Bertz CT molecular complexity index is 700. The van der Waals surface area contributed by atoms with Crippen LogP contribution in [0.2, 0.25) is 0 Å². The predicted molar refractivity (Wildman–Crippen MR) is 116 cm³/mol. The van der Waals surface area contributed by atoms with Crippen LogP contribution in [-0.2, 0) is 31.9 Å². The van der Waals surface area contributed by atoms with E-state index in [0.717, 1.165) is 54.6 Å². The van der Waals surface area contributed by atoms with Gasteiger partial charge in [-0.25, -0.2) is 0 Å². The summed E-state index contributed by atoms with van der Waals surface area (Å²) in [7, 11) is 0. The number of hydrogen-bond acceptors (Lipinski definition) is 6. The zero-order valence-corrected chi connectivity index (χ0v) is 17.1. The van der Waals surface area contributed by atoms with Gasteiger partial charge in [-0.3, -0.25) is 9.59 Å². The zero-order chi connectivity index (χ0) is 21.3. The molecule has 0 atom stereocenters. The van der Waals surface area contributed by atoms with Gasteiger partial charge in [0, 0.05) is 30.6 Å². The average molecular weight is 401 g/mol. The first-order chi connectivity index (χ1) is 14.0. The molecule has 0 saturated heterocycles. The Hall–Kier alpha value is -3.02. The summed E-state index contributed by atoms with van der Waals surface area (Å²) in [5.41, 5.74) is 14.8. The molecule has 0 heterocycles. The van der Waals surface area contributed by atoms with Gasteiger partial charge in [-0.05, 0) is 41.8 Å². The van der Waals surface area contributed by atoms with Crippen LogP contribution in [0.15, 0.2) is 48.5 Å².